The molecule has 1 unspecified atom stereocenters. The third-order valence-corrected chi connectivity index (χ3v) is 3.75. The number of rotatable bonds is 3. The molecule has 1 fully saturated rings. The summed E-state index contributed by atoms with van der Waals surface area (Å²) in [5, 5.41) is 4.24. The lowest BCUT2D eigenvalue weighted by molar-refractivity contribution is 0.371. The minimum atomic E-state index is 0.623. The van der Waals surface area contributed by atoms with Gasteiger partial charge in [-0.15, -0.1) is 0 Å². The van der Waals surface area contributed by atoms with Crippen LogP contribution in [-0.2, 0) is 6.42 Å². The fourth-order valence-corrected chi connectivity index (χ4v) is 2.68. The van der Waals surface area contributed by atoms with Gasteiger partial charge in [0.1, 0.15) is 5.52 Å². The summed E-state index contributed by atoms with van der Waals surface area (Å²) in [6.45, 7) is 1.15. The molecule has 0 spiro atoms. The third-order valence-electron chi connectivity index (χ3n) is 3.51. The number of aromatic nitrogens is 1. The van der Waals surface area contributed by atoms with E-state index in [2.05, 4.69) is 10.3 Å². The van der Waals surface area contributed by atoms with Gasteiger partial charge in [0, 0.05) is 23.6 Å². The zero-order valence-electron chi connectivity index (χ0n) is 10.3. The monoisotopic (exact) mass is 264 g/mol. The second-order valence-corrected chi connectivity index (χ2v) is 5.34. The zero-order chi connectivity index (χ0) is 12.4. The van der Waals surface area contributed by atoms with Gasteiger partial charge in [-0.1, -0.05) is 18.0 Å². The molecular formula is C14H17ClN2O. The maximum atomic E-state index is 5.93. The number of halogens is 1. The first kappa shape index (κ1) is 12.0. The lowest BCUT2D eigenvalue weighted by atomic mass is 10.0. The molecule has 1 N–H and O–H groups in total. The Morgan fingerprint density at radius 3 is 3.17 bits per heavy atom. The number of fused-ring (bicyclic) bond motifs is 1. The number of benzene rings is 1. The molecule has 0 bridgehead atoms. The molecule has 3 rings (SSSR count). The Balaban J connectivity index is 1.67. The van der Waals surface area contributed by atoms with Crippen molar-refractivity contribution in [3.05, 3.63) is 29.1 Å². The standard InChI is InChI=1S/C14H17ClN2O/c15-10-4-6-12-13(9-10)18-14(17-12)7-5-11-3-1-2-8-16-11/h4,6,9,11,16H,1-3,5,7-8H2. The second-order valence-electron chi connectivity index (χ2n) is 4.91. The van der Waals surface area contributed by atoms with Crippen LogP contribution in [0.15, 0.2) is 22.6 Å². The molecule has 0 saturated carbocycles. The van der Waals surface area contributed by atoms with E-state index in [1.807, 2.05) is 18.2 Å². The normalized spacial score (nSPS) is 20.4. The number of piperidine rings is 1. The van der Waals surface area contributed by atoms with Crippen molar-refractivity contribution in [2.24, 2.45) is 0 Å². The number of nitrogens with one attached hydrogen (secondary N) is 1. The quantitative estimate of drug-likeness (QED) is 0.921. The van der Waals surface area contributed by atoms with E-state index >= 15 is 0 Å². The molecular weight excluding hydrogens is 248 g/mol. The summed E-state index contributed by atoms with van der Waals surface area (Å²) in [6.07, 6.45) is 5.90. The number of nitrogens with zero attached hydrogens (tertiary/aromatic N) is 1. The highest BCUT2D eigenvalue weighted by molar-refractivity contribution is 6.31. The van der Waals surface area contributed by atoms with E-state index in [0.29, 0.717) is 11.1 Å². The van der Waals surface area contributed by atoms with E-state index in [9.17, 15) is 0 Å². The summed E-state index contributed by atoms with van der Waals surface area (Å²) in [5.74, 6) is 0.819. The molecule has 1 aromatic heterocycles. The van der Waals surface area contributed by atoms with Crippen molar-refractivity contribution in [3.8, 4) is 0 Å². The predicted octanol–water partition coefficient (Wildman–Crippen LogP) is 3.56. The summed E-state index contributed by atoms with van der Waals surface area (Å²) in [7, 11) is 0. The number of hydrogen-bond donors (Lipinski definition) is 1. The van der Waals surface area contributed by atoms with Crippen LogP contribution in [0.1, 0.15) is 31.6 Å². The average molecular weight is 265 g/mol. The van der Waals surface area contributed by atoms with Gasteiger partial charge in [0.05, 0.1) is 0 Å². The SMILES string of the molecule is Clc1ccc2nc(CCC3CCCCN3)oc2c1. The molecule has 18 heavy (non-hydrogen) atoms. The maximum Gasteiger partial charge on any atom is 0.195 e. The van der Waals surface area contributed by atoms with Gasteiger partial charge in [-0.05, 0) is 37.9 Å². The molecule has 1 saturated heterocycles. The first-order valence-electron chi connectivity index (χ1n) is 6.59. The number of hydrogen-bond acceptors (Lipinski definition) is 3. The molecule has 1 aliphatic rings. The van der Waals surface area contributed by atoms with Crippen molar-refractivity contribution >= 4 is 22.7 Å². The van der Waals surface area contributed by atoms with Crippen LogP contribution in [0.4, 0.5) is 0 Å². The van der Waals surface area contributed by atoms with Crippen molar-refractivity contribution in [2.75, 3.05) is 6.54 Å². The molecule has 1 aromatic carbocycles. The van der Waals surface area contributed by atoms with Crippen molar-refractivity contribution in [3.63, 3.8) is 0 Å². The zero-order valence-corrected chi connectivity index (χ0v) is 11.0. The van der Waals surface area contributed by atoms with E-state index in [4.69, 9.17) is 16.0 Å². The third kappa shape index (κ3) is 2.68. The largest absolute Gasteiger partial charge is 0.441 e. The predicted molar refractivity (Wildman–Crippen MR) is 73.0 cm³/mol. The highest BCUT2D eigenvalue weighted by Crippen LogP contribution is 2.21. The smallest absolute Gasteiger partial charge is 0.195 e. The van der Waals surface area contributed by atoms with Gasteiger partial charge in [0.25, 0.3) is 0 Å². The van der Waals surface area contributed by atoms with Crippen LogP contribution in [0.25, 0.3) is 11.1 Å². The summed E-state index contributed by atoms with van der Waals surface area (Å²) in [5.41, 5.74) is 1.68. The highest BCUT2D eigenvalue weighted by Gasteiger charge is 2.14. The van der Waals surface area contributed by atoms with Gasteiger partial charge in [-0.25, -0.2) is 4.98 Å². The molecule has 4 heteroatoms. The molecule has 1 aliphatic heterocycles. The van der Waals surface area contributed by atoms with Crippen molar-refractivity contribution < 1.29 is 4.42 Å². The van der Waals surface area contributed by atoms with Gasteiger partial charge in [-0.3, -0.25) is 0 Å². The topological polar surface area (TPSA) is 38.1 Å². The van der Waals surface area contributed by atoms with Crippen LogP contribution in [0, 0.1) is 0 Å². The van der Waals surface area contributed by atoms with Crippen LogP contribution < -0.4 is 5.32 Å². The van der Waals surface area contributed by atoms with Crippen LogP contribution in [0.3, 0.4) is 0 Å². The van der Waals surface area contributed by atoms with E-state index in [-0.39, 0.29) is 0 Å². The summed E-state index contributed by atoms with van der Waals surface area (Å²) < 4.78 is 5.72. The van der Waals surface area contributed by atoms with Crippen molar-refractivity contribution in [2.45, 2.75) is 38.1 Å². The molecule has 2 heterocycles. The van der Waals surface area contributed by atoms with Gasteiger partial charge in [0.2, 0.25) is 0 Å². The van der Waals surface area contributed by atoms with Crippen molar-refractivity contribution in [1.82, 2.24) is 10.3 Å². The Labute approximate surface area is 112 Å². The van der Waals surface area contributed by atoms with Crippen LogP contribution in [-0.4, -0.2) is 17.6 Å². The summed E-state index contributed by atoms with van der Waals surface area (Å²) in [6, 6.07) is 6.20. The van der Waals surface area contributed by atoms with Crippen LogP contribution in [0.2, 0.25) is 5.02 Å². The Hall–Kier alpha value is -1.06. The molecule has 96 valence electrons. The molecule has 2 aromatic rings. The first-order valence-corrected chi connectivity index (χ1v) is 6.97. The Kier molecular flexibility index (Phi) is 3.52. The van der Waals surface area contributed by atoms with E-state index in [1.54, 1.807) is 0 Å². The molecule has 0 amide bonds. The van der Waals surface area contributed by atoms with Gasteiger partial charge >= 0.3 is 0 Å². The van der Waals surface area contributed by atoms with Crippen molar-refractivity contribution in [1.29, 1.82) is 0 Å². The highest BCUT2D eigenvalue weighted by atomic mass is 35.5. The lowest BCUT2D eigenvalue weighted by Gasteiger charge is -2.22. The minimum Gasteiger partial charge on any atom is -0.441 e. The van der Waals surface area contributed by atoms with E-state index < -0.39 is 0 Å². The minimum absolute atomic E-state index is 0.623. The molecule has 0 radical (unpaired) electrons. The second kappa shape index (κ2) is 5.29. The maximum absolute atomic E-state index is 5.93. The average Bonchev–Trinajstić information content (AvgIpc) is 2.79. The van der Waals surface area contributed by atoms with Gasteiger partial charge < -0.3 is 9.73 Å². The van der Waals surface area contributed by atoms with Gasteiger partial charge in [0.15, 0.2) is 11.5 Å². The Morgan fingerprint density at radius 1 is 1.39 bits per heavy atom. The Bertz CT molecular complexity index is 532. The van der Waals surface area contributed by atoms with Crippen LogP contribution in [0.5, 0.6) is 0 Å². The molecule has 1 atom stereocenters. The number of oxazole rings is 1. The van der Waals surface area contributed by atoms with E-state index in [0.717, 1.165) is 36.4 Å². The molecule has 3 nitrogen and oxygen atoms in total. The van der Waals surface area contributed by atoms with Crippen LogP contribution >= 0.6 is 11.6 Å². The number of aryl methyl sites for hydroxylation is 1. The fraction of sp³-hybridized carbons (Fsp3) is 0.500. The van der Waals surface area contributed by atoms with E-state index in [1.165, 1.54) is 19.3 Å². The lowest BCUT2D eigenvalue weighted by Crippen LogP contribution is -2.34. The van der Waals surface area contributed by atoms with Gasteiger partial charge in [-0.2, -0.15) is 0 Å². The fourth-order valence-electron chi connectivity index (χ4n) is 2.52. The molecule has 0 aliphatic carbocycles. The summed E-state index contributed by atoms with van der Waals surface area (Å²) in [4.78, 5) is 4.49. The summed E-state index contributed by atoms with van der Waals surface area (Å²) >= 11 is 5.93. The first-order chi connectivity index (χ1) is 8.81. The Morgan fingerprint density at radius 2 is 2.33 bits per heavy atom.